The van der Waals surface area contributed by atoms with E-state index >= 15 is 0 Å². The molecule has 7 nitrogen and oxygen atoms in total. The number of benzene rings is 1. The summed E-state index contributed by atoms with van der Waals surface area (Å²) in [5.41, 5.74) is 3.72. The number of rotatable bonds is 6. The van der Waals surface area contributed by atoms with E-state index in [2.05, 4.69) is 10.3 Å². The highest BCUT2D eigenvalue weighted by Crippen LogP contribution is 2.23. The zero-order valence-electron chi connectivity index (χ0n) is 16.7. The van der Waals surface area contributed by atoms with Crippen molar-refractivity contribution in [2.24, 2.45) is 0 Å². The summed E-state index contributed by atoms with van der Waals surface area (Å²) in [7, 11) is 0. The molecule has 7 heteroatoms. The van der Waals surface area contributed by atoms with E-state index in [-0.39, 0.29) is 31.0 Å². The first kappa shape index (κ1) is 19.1. The average molecular weight is 392 g/mol. The fourth-order valence-corrected chi connectivity index (χ4v) is 3.58. The SMILES string of the molecule is Cc1ccc(-c2cc(CC(=O)CCC(=O)N3CCCn4nc(C)cc43)on2)cc1. The second-order valence-corrected chi connectivity index (χ2v) is 7.53. The van der Waals surface area contributed by atoms with Crippen LogP contribution in [0.1, 0.15) is 36.3 Å². The largest absolute Gasteiger partial charge is 0.360 e. The molecule has 0 bridgehead atoms. The lowest BCUT2D eigenvalue weighted by Crippen LogP contribution is -2.37. The molecule has 4 rings (SSSR count). The number of anilines is 1. The Hall–Kier alpha value is -3.22. The van der Waals surface area contributed by atoms with E-state index in [1.54, 1.807) is 11.0 Å². The third-order valence-electron chi connectivity index (χ3n) is 5.11. The molecule has 1 aliphatic heterocycles. The summed E-state index contributed by atoms with van der Waals surface area (Å²) < 4.78 is 7.18. The van der Waals surface area contributed by atoms with Crippen LogP contribution in [0.4, 0.5) is 5.82 Å². The van der Waals surface area contributed by atoms with Gasteiger partial charge >= 0.3 is 0 Å². The van der Waals surface area contributed by atoms with Crippen molar-refractivity contribution in [3.8, 4) is 11.3 Å². The van der Waals surface area contributed by atoms with Gasteiger partial charge in [-0.25, -0.2) is 4.68 Å². The van der Waals surface area contributed by atoms with E-state index in [0.29, 0.717) is 18.0 Å². The van der Waals surface area contributed by atoms with Gasteiger partial charge < -0.3 is 4.52 Å². The van der Waals surface area contributed by atoms with Gasteiger partial charge in [0, 0.05) is 43.6 Å². The molecule has 0 saturated heterocycles. The van der Waals surface area contributed by atoms with E-state index in [4.69, 9.17) is 4.52 Å². The van der Waals surface area contributed by atoms with Crippen LogP contribution in [0.25, 0.3) is 11.3 Å². The number of amides is 1. The van der Waals surface area contributed by atoms with Gasteiger partial charge in [0.2, 0.25) is 5.91 Å². The number of fused-ring (bicyclic) bond motifs is 1. The van der Waals surface area contributed by atoms with Crippen molar-refractivity contribution in [1.29, 1.82) is 0 Å². The molecule has 0 atom stereocenters. The molecule has 150 valence electrons. The Bertz CT molecular complexity index is 1030. The van der Waals surface area contributed by atoms with Gasteiger partial charge in [-0.1, -0.05) is 35.0 Å². The monoisotopic (exact) mass is 392 g/mol. The van der Waals surface area contributed by atoms with Crippen LogP contribution in [0, 0.1) is 13.8 Å². The summed E-state index contributed by atoms with van der Waals surface area (Å²) in [5.74, 6) is 1.26. The molecule has 0 fully saturated rings. The van der Waals surface area contributed by atoms with Crippen LogP contribution in [0.5, 0.6) is 0 Å². The molecule has 0 aliphatic carbocycles. The summed E-state index contributed by atoms with van der Waals surface area (Å²) in [6, 6.07) is 11.7. The van der Waals surface area contributed by atoms with Gasteiger partial charge in [-0.2, -0.15) is 5.10 Å². The van der Waals surface area contributed by atoms with Crippen molar-refractivity contribution in [2.75, 3.05) is 11.4 Å². The quantitative estimate of drug-likeness (QED) is 0.641. The van der Waals surface area contributed by atoms with Crippen LogP contribution in [-0.4, -0.2) is 33.2 Å². The van der Waals surface area contributed by atoms with Gasteiger partial charge in [0.05, 0.1) is 12.1 Å². The summed E-state index contributed by atoms with van der Waals surface area (Å²) in [6.45, 7) is 5.43. The molecule has 29 heavy (non-hydrogen) atoms. The minimum absolute atomic E-state index is 0.0355. The highest BCUT2D eigenvalue weighted by atomic mass is 16.5. The summed E-state index contributed by atoms with van der Waals surface area (Å²) in [4.78, 5) is 26.7. The number of nitrogens with zero attached hydrogens (tertiary/aromatic N) is 4. The molecular weight excluding hydrogens is 368 g/mol. The van der Waals surface area contributed by atoms with Gasteiger partial charge in [-0.05, 0) is 20.3 Å². The highest BCUT2D eigenvalue weighted by molar-refractivity contribution is 5.95. The van der Waals surface area contributed by atoms with E-state index < -0.39 is 0 Å². The van der Waals surface area contributed by atoms with Crippen LogP contribution in [0.3, 0.4) is 0 Å². The number of Topliss-reactive ketones (excluding diaryl/α,β-unsaturated/α-hetero) is 1. The third kappa shape index (κ3) is 4.29. The Balaban J connectivity index is 1.33. The highest BCUT2D eigenvalue weighted by Gasteiger charge is 2.24. The molecule has 1 amide bonds. The van der Waals surface area contributed by atoms with Crippen molar-refractivity contribution in [3.63, 3.8) is 0 Å². The predicted octanol–water partition coefficient (Wildman–Crippen LogP) is 3.48. The van der Waals surface area contributed by atoms with Crippen molar-refractivity contribution < 1.29 is 14.1 Å². The first-order valence-electron chi connectivity index (χ1n) is 9.89. The summed E-state index contributed by atoms with van der Waals surface area (Å²) in [6.07, 6.45) is 1.38. The Morgan fingerprint density at radius 2 is 1.86 bits per heavy atom. The molecule has 3 heterocycles. The van der Waals surface area contributed by atoms with Crippen LogP contribution in [0.15, 0.2) is 40.9 Å². The summed E-state index contributed by atoms with van der Waals surface area (Å²) in [5, 5.41) is 8.46. The van der Waals surface area contributed by atoms with Gasteiger partial charge in [-0.15, -0.1) is 0 Å². The van der Waals surface area contributed by atoms with Gasteiger partial charge in [0.25, 0.3) is 0 Å². The van der Waals surface area contributed by atoms with Crippen LogP contribution in [-0.2, 0) is 22.6 Å². The number of carbonyl (C=O) groups excluding carboxylic acids is 2. The summed E-state index contributed by atoms with van der Waals surface area (Å²) >= 11 is 0. The maximum Gasteiger partial charge on any atom is 0.228 e. The van der Waals surface area contributed by atoms with E-state index in [1.165, 1.54) is 5.56 Å². The maximum absolute atomic E-state index is 12.6. The topological polar surface area (TPSA) is 81.2 Å². The molecule has 2 aromatic heterocycles. The van der Waals surface area contributed by atoms with Crippen molar-refractivity contribution in [3.05, 3.63) is 53.4 Å². The normalized spacial score (nSPS) is 13.4. The lowest BCUT2D eigenvalue weighted by Gasteiger charge is -2.27. The number of hydrogen-bond acceptors (Lipinski definition) is 5. The van der Waals surface area contributed by atoms with Crippen molar-refractivity contribution in [2.45, 2.75) is 46.1 Å². The smallest absolute Gasteiger partial charge is 0.228 e. The number of hydrogen-bond donors (Lipinski definition) is 0. The Labute approximate surface area is 169 Å². The lowest BCUT2D eigenvalue weighted by molar-refractivity contribution is -0.124. The predicted molar refractivity (Wildman–Crippen MR) is 109 cm³/mol. The minimum Gasteiger partial charge on any atom is -0.360 e. The van der Waals surface area contributed by atoms with Gasteiger partial charge in [0.1, 0.15) is 23.1 Å². The molecule has 0 N–H and O–H groups in total. The first-order valence-corrected chi connectivity index (χ1v) is 9.89. The van der Waals surface area contributed by atoms with Crippen LogP contribution in [0.2, 0.25) is 0 Å². The first-order chi connectivity index (χ1) is 14.0. The average Bonchev–Trinajstić information content (AvgIpc) is 3.32. The third-order valence-corrected chi connectivity index (χ3v) is 5.11. The molecule has 0 saturated carbocycles. The molecule has 1 aromatic carbocycles. The Kier molecular flexibility index (Phi) is 5.29. The minimum atomic E-state index is -0.0443. The number of aromatic nitrogens is 3. The molecule has 1 aliphatic rings. The fourth-order valence-electron chi connectivity index (χ4n) is 3.58. The van der Waals surface area contributed by atoms with Crippen molar-refractivity contribution >= 4 is 17.5 Å². The van der Waals surface area contributed by atoms with Gasteiger partial charge in [0.15, 0.2) is 0 Å². The van der Waals surface area contributed by atoms with Crippen molar-refractivity contribution in [1.82, 2.24) is 14.9 Å². The molecule has 0 spiro atoms. The number of aryl methyl sites for hydroxylation is 3. The molecule has 0 unspecified atom stereocenters. The maximum atomic E-state index is 12.6. The van der Waals surface area contributed by atoms with Gasteiger partial charge in [-0.3, -0.25) is 14.5 Å². The fraction of sp³-hybridized carbons (Fsp3) is 0.364. The molecule has 0 radical (unpaired) electrons. The molecular formula is C22H24N4O3. The lowest BCUT2D eigenvalue weighted by atomic mass is 10.1. The zero-order valence-corrected chi connectivity index (χ0v) is 16.7. The number of carbonyl (C=O) groups is 2. The standard InChI is InChI=1S/C22H24N4O3/c1-15-4-6-17(7-5-15)20-14-19(29-24-20)13-18(27)8-9-22(28)25-10-3-11-26-21(25)12-16(2)23-26/h4-7,12,14H,3,8-11,13H2,1-2H3. The van der Waals surface area contributed by atoms with E-state index in [1.807, 2.05) is 48.9 Å². The number of ketones is 1. The van der Waals surface area contributed by atoms with E-state index in [0.717, 1.165) is 30.0 Å². The zero-order chi connectivity index (χ0) is 20.4. The molecule has 3 aromatic rings. The Morgan fingerprint density at radius 1 is 1.07 bits per heavy atom. The second-order valence-electron chi connectivity index (χ2n) is 7.53. The van der Waals surface area contributed by atoms with Crippen LogP contribution >= 0.6 is 0 Å². The van der Waals surface area contributed by atoms with Crippen LogP contribution < -0.4 is 4.90 Å². The second kappa shape index (κ2) is 8.03. The van der Waals surface area contributed by atoms with E-state index in [9.17, 15) is 9.59 Å². The Morgan fingerprint density at radius 3 is 2.66 bits per heavy atom.